The molecular weight excluding hydrogens is 264 g/mol. The molecule has 0 fully saturated rings. The molecule has 2 N–H and O–H groups in total. The molecule has 5 nitrogen and oxygen atoms in total. The van der Waals surface area contributed by atoms with Gasteiger partial charge in [0.05, 0.1) is 11.5 Å². The monoisotopic (exact) mass is 286 g/mol. The van der Waals surface area contributed by atoms with Crippen LogP contribution in [0.5, 0.6) is 0 Å². The number of likely N-dealkylation sites (N-methyl/N-ethyl adjacent to an activating group) is 1. The topological polar surface area (TPSA) is 72.6 Å². The third-order valence-corrected chi connectivity index (χ3v) is 5.26. The van der Waals surface area contributed by atoms with E-state index in [4.69, 9.17) is 10.5 Å². The molecule has 1 rings (SSSR count). The minimum absolute atomic E-state index is 0.281. The van der Waals surface area contributed by atoms with Crippen LogP contribution in [0.15, 0.2) is 17.0 Å². The summed E-state index contributed by atoms with van der Waals surface area (Å²) in [5, 5.41) is 0. The molecule has 0 amide bonds. The van der Waals surface area contributed by atoms with E-state index in [1.807, 2.05) is 13.8 Å². The Morgan fingerprint density at radius 2 is 1.95 bits per heavy atom. The molecule has 0 saturated carbocycles. The highest BCUT2D eigenvalue weighted by Crippen LogP contribution is 2.25. The fourth-order valence-corrected chi connectivity index (χ4v) is 3.67. The van der Waals surface area contributed by atoms with Crippen LogP contribution in [0.2, 0.25) is 0 Å². The van der Waals surface area contributed by atoms with Gasteiger partial charge in [-0.3, -0.25) is 0 Å². The maximum atomic E-state index is 12.6. The Bertz CT molecular complexity index is 541. The molecule has 6 heteroatoms. The summed E-state index contributed by atoms with van der Waals surface area (Å²) in [6.07, 6.45) is 0. The van der Waals surface area contributed by atoms with Gasteiger partial charge in [0, 0.05) is 25.9 Å². The van der Waals surface area contributed by atoms with Crippen molar-refractivity contribution in [3.05, 3.63) is 23.3 Å². The zero-order valence-corrected chi connectivity index (χ0v) is 12.8. The summed E-state index contributed by atoms with van der Waals surface area (Å²) in [4.78, 5) is 0.281. The van der Waals surface area contributed by atoms with Crippen LogP contribution in [0.1, 0.15) is 18.1 Å². The molecule has 0 heterocycles. The largest absolute Gasteiger partial charge is 0.399 e. The molecule has 0 unspecified atom stereocenters. The van der Waals surface area contributed by atoms with Crippen LogP contribution >= 0.6 is 0 Å². The molecule has 0 saturated heterocycles. The minimum Gasteiger partial charge on any atom is -0.399 e. The summed E-state index contributed by atoms with van der Waals surface area (Å²) in [5.74, 6) is 0. The van der Waals surface area contributed by atoms with E-state index in [9.17, 15) is 8.42 Å². The molecule has 0 radical (unpaired) electrons. The van der Waals surface area contributed by atoms with Crippen LogP contribution in [-0.4, -0.2) is 39.5 Å². The first kappa shape index (κ1) is 15.9. The molecule has 0 bridgehead atoms. The van der Waals surface area contributed by atoms with Crippen molar-refractivity contribution >= 4 is 15.7 Å². The fourth-order valence-electron chi connectivity index (χ4n) is 1.90. The summed E-state index contributed by atoms with van der Waals surface area (Å²) in [7, 11) is -1.97. The van der Waals surface area contributed by atoms with Gasteiger partial charge in [-0.25, -0.2) is 8.42 Å². The first-order valence-corrected chi connectivity index (χ1v) is 7.64. The quantitative estimate of drug-likeness (QED) is 0.805. The number of hydrogen-bond acceptors (Lipinski definition) is 4. The van der Waals surface area contributed by atoms with Crippen LogP contribution in [0.25, 0.3) is 0 Å². The van der Waals surface area contributed by atoms with E-state index in [2.05, 4.69) is 0 Å². The molecule has 0 aliphatic carbocycles. The van der Waals surface area contributed by atoms with Crippen LogP contribution in [-0.2, 0) is 14.8 Å². The number of rotatable bonds is 6. The average molecular weight is 286 g/mol. The Balaban J connectivity index is 3.25. The number of nitrogens with two attached hydrogens (primary N) is 1. The van der Waals surface area contributed by atoms with E-state index in [1.165, 1.54) is 10.4 Å². The number of sulfonamides is 1. The maximum absolute atomic E-state index is 12.6. The van der Waals surface area contributed by atoms with Gasteiger partial charge in [0.2, 0.25) is 10.0 Å². The first-order chi connectivity index (χ1) is 8.84. The molecule has 0 atom stereocenters. The van der Waals surface area contributed by atoms with Gasteiger partial charge < -0.3 is 10.5 Å². The number of benzene rings is 1. The summed E-state index contributed by atoms with van der Waals surface area (Å²) in [5.41, 5.74) is 7.84. The predicted octanol–water partition coefficient (Wildman–Crippen LogP) is 1.54. The second kappa shape index (κ2) is 6.36. The minimum atomic E-state index is -3.53. The van der Waals surface area contributed by atoms with Gasteiger partial charge in [-0.1, -0.05) is 6.92 Å². The Morgan fingerprint density at radius 3 is 2.47 bits per heavy atom. The second-order valence-electron chi connectivity index (χ2n) is 4.45. The third kappa shape index (κ3) is 3.46. The summed E-state index contributed by atoms with van der Waals surface area (Å²) < 4.78 is 31.6. The highest BCUT2D eigenvalue weighted by molar-refractivity contribution is 7.89. The van der Waals surface area contributed by atoms with Gasteiger partial charge in [-0.2, -0.15) is 4.31 Å². The zero-order valence-electron chi connectivity index (χ0n) is 11.9. The third-order valence-electron chi connectivity index (χ3n) is 3.16. The van der Waals surface area contributed by atoms with E-state index in [0.717, 1.165) is 11.1 Å². The van der Waals surface area contributed by atoms with Crippen molar-refractivity contribution in [3.8, 4) is 0 Å². The van der Waals surface area contributed by atoms with E-state index in [-0.39, 0.29) is 4.90 Å². The highest BCUT2D eigenvalue weighted by atomic mass is 32.2. The molecule has 1 aromatic carbocycles. The molecular formula is C13H22N2O3S. The Morgan fingerprint density at radius 1 is 1.32 bits per heavy atom. The van der Waals surface area contributed by atoms with Crippen LogP contribution in [0.3, 0.4) is 0 Å². The molecule has 1 aromatic rings. The van der Waals surface area contributed by atoms with Crippen molar-refractivity contribution in [1.82, 2.24) is 4.31 Å². The second-order valence-corrected chi connectivity index (χ2v) is 6.36. The number of nitrogen functional groups attached to an aromatic ring is 1. The molecule has 108 valence electrons. The average Bonchev–Trinajstić information content (AvgIpc) is 2.34. The molecule has 0 aromatic heterocycles. The summed E-state index contributed by atoms with van der Waals surface area (Å²) >= 11 is 0. The number of aryl methyl sites for hydroxylation is 1. The highest BCUT2D eigenvalue weighted by Gasteiger charge is 2.25. The van der Waals surface area contributed by atoms with Crippen LogP contribution in [0, 0.1) is 13.8 Å². The molecule has 19 heavy (non-hydrogen) atoms. The number of hydrogen-bond donors (Lipinski definition) is 1. The maximum Gasteiger partial charge on any atom is 0.243 e. The van der Waals surface area contributed by atoms with Gasteiger partial charge in [-0.15, -0.1) is 0 Å². The van der Waals surface area contributed by atoms with Gasteiger partial charge in [-0.05, 0) is 37.1 Å². The standard InChI is InChI=1S/C13H22N2O3S/c1-5-15(6-7-18-4)19(16,17)13-9-12(14)8-10(2)11(13)3/h8-9H,5-7,14H2,1-4H3. The number of ether oxygens (including phenoxy) is 1. The lowest BCUT2D eigenvalue weighted by atomic mass is 10.1. The van der Waals surface area contributed by atoms with E-state index in [1.54, 1.807) is 20.1 Å². The van der Waals surface area contributed by atoms with Crippen molar-refractivity contribution in [2.45, 2.75) is 25.7 Å². The van der Waals surface area contributed by atoms with E-state index < -0.39 is 10.0 Å². The van der Waals surface area contributed by atoms with Crippen molar-refractivity contribution < 1.29 is 13.2 Å². The predicted molar refractivity (Wildman–Crippen MR) is 76.6 cm³/mol. The van der Waals surface area contributed by atoms with Crippen molar-refractivity contribution in [2.24, 2.45) is 0 Å². The van der Waals surface area contributed by atoms with Gasteiger partial charge in [0.1, 0.15) is 0 Å². The SMILES string of the molecule is CCN(CCOC)S(=O)(=O)c1cc(N)cc(C)c1C. The van der Waals surface area contributed by atoms with Crippen LogP contribution < -0.4 is 5.73 Å². The van der Waals surface area contributed by atoms with E-state index >= 15 is 0 Å². The van der Waals surface area contributed by atoms with Crippen LogP contribution in [0.4, 0.5) is 5.69 Å². The normalized spacial score (nSPS) is 12.1. The Labute approximate surface area is 115 Å². The van der Waals surface area contributed by atoms with E-state index in [0.29, 0.717) is 25.4 Å². The Kier molecular flexibility index (Phi) is 5.34. The lowest BCUT2D eigenvalue weighted by molar-refractivity contribution is 0.180. The van der Waals surface area contributed by atoms with Gasteiger partial charge in [0.25, 0.3) is 0 Å². The molecule has 0 aliphatic heterocycles. The van der Waals surface area contributed by atoms with Gasteiger partial charge in [0.15, 0.2) is 0 Å². The summed E-state index contributed by atoms with van der Waals surface area (Å²) in [6, 6.07) is 3.30. The number of anilines is 1. The fraction of sp³-hybridized carbons (Fsp3) is 0.538. The molecule has 0 aliphatic rings. The lowest BCUT2D eigenvalue weighted by Gasteiger charge is -2.22. The number of nitrogens with zero attached hydrogens (tertiary/aromatic N) is 1. The Hall–Kier alpha value is -1.11. The molecule has 0 spiro atoms. The van der Waals surface area contributed by atoms with Gasteiger partial charge >= 0.3 is 0 Å². The smallest absolute Gasteiger partial charge is 0.243 e. The zero-order chi connectivity index (χ0) is 14.6. The van der Waals surface area contributed by atoms with Crippen molar-refractivity contribution in [2.75, 3.05) is 32.5 Å². The lowest BCUT2D eigenvalue weighted by Crippen LogP contribution is -2.34. The van der Waals surface area contributed by atoms with Crippen molar-refractivity contribution in [1.29, 1.82) is 0 Å². The summed E-state index contributed by atoms with van der Waals surface area (Å²) in [6.45, 7) is 6.57. The van der Waals surface area contributed by atoms with Crippen molar-refractivity contribution in [3.63, 3.8) is 0 Å². The first-order valence-electron chi connectivity index (χ1n) is 6.20. The number of methoxy groups -OCH3 is 1.